The van der Waals surface area contributed by atoms with E-state index in [1.165, 1.54) is 17.1 Å². The fourth-order valence-electron chi connectivity index (χ4n) is 2.02. The summed E-state index contributed by atoms with van der Waals surface area (Å²) in [6.07, 6.45) is 1.90. The first-order valence-electron chi connectivity index (χ1n) is 6.68. The fraction of sp³-hybridized carbons (Fsp3) is 0.643. The molecule has 3 nitrogen and oxygen atoms in total. The summed E-state index contributed by atoms with van der Waals surface area (Å²) in [5, 5.41) is 3.55. The van der Waals surface area contributed by atoms with Crippen molar-refractivity contribution >= 4 is 33.5 Å². The molecule has 0 bridgehead atoms. The van der Waals surface area contributed by atoms with Crippen LogP contribution >= 0.6 is 27.7 Å². The third-order valence-corrected chi connectivity index (χ3v) is 4.41. The Morgan fingerprint density at radius 1 is 1.37 bits per heavy atom. The Morgan fingerprint density at radius 3 is 2.68 bits per heavy atom. The summed E-state index contributed by atoms with van der Waals surface area (Å²) in [7, 11) is 0. The van der Waals surface area contributed by atoms with Gasteiger partial charge in [-0.2, -0.15) is 11.8 Å². The Hall–Kier alpha value is -0.260. The van der Waals surface area contributed by atoms with Crippen LogP contribution in [-0.2, 0) is 6.54 Å². The third kappa shape index (κ3) is 4.65. The Morgan fingerprint density at radius 2 is 2.05 bits per heavy atom. The Balaban J connectivity index is 2.17. The molecule has 19 heavy (non-hydrogen) atoms. The van der Waals surface area contributed by atoms with Gasteiger partial charge in [0.25, 0.3) is 0 Å². The summed E-state index contributed by atoms with van der Waals surface area (Å²) in [5.74, 6) is 3.54. The van der Waals surface area contributed by atoms with Gasteiger partial charge in [-0.25, -0.2) is 4.98 Å². The number of thioether (sulfide) groups is 1. The molecular formula is C14H22BrN3S. The summed E-state index contributed by atoms with van der Waals surface area (Å²) in [5.41, 5.74) is 1.40. The molecule has 0 radical (unpaired) electrons. The largest absolute Gasteiger partial charge is 0.355 e. The molecule has 0 saturated carbocycles. The zero-order valence-electron chi connectivity index (χ0n) is 11.9. The molecule has 5 heteroatoms. The maximum atomic E-state index is 4.63. The van der Waals surface area contributed by atoms with E-state index in [-0.39, 0.29) is 5.54 Å². The van der Waals surface area contributed by atoms with Gasteiger partial charge in [-0.3, -0.25) is 0 Å². The van der Waals surface area contributed by atoms with Crippen LogP contribution in [0.3, 0.4) is 0 Å². The molecule has 0 spiro atoms. The Bertz CT molecular complexity index is 425. The maximum absolute atomic E-state index is 4.63. The lowest BCUT2D eigenvalue weighted by Gasteiger charge is -2.30. The molecule has 1 aliphatic heterocycles. The lowest BCUT2D eigenvalue weighted by Crippen LogP contribution is -2.37. The van der Waals surface area contributed by atoms with Crippen LogP contribution in [0.15, 0.2) is 16.7 Å². The molecule has 2 rings (SSSR count). The minimum Gasteiger partial charge on any atom is -0.355 e. The number of halogens is 1. The second-order valence-corrected chi connectivity index (χ2v) is 7.98. The van der Waals surface area contributed by atoms with Crippen LogP contribution in [0.25, 0.3) is 0 Å². The zero-order valence-corrected chi connectivity index (χ0v) is 14.3. The molecule has 0 aromatic carbocycles. The van der Waals surface area contributed by atoms with Gasteiger partial charge >= 0.3 is 0 Å². The van der Waals surface area contributed by atoms with E-state index in [1.807, 2.05) is 18.0 Å². The number of hydrogen-bond donors (Lipinski definition) is 1. The van der Waals surface area contributed by atoms with Crippen molar-refractivity contribution in [2.75, 3.05) is 29.5 Å². The second-order valence-electron chi connectivity index (χ2n) is 5.84. The molecule has 1 aliphatic rings. The van der Waals surface area contributed by atoms with E-state index in [0.29, 0.717) is 0 Å². The summed E-state index contributed by atoms with van der Waals surface area (Å²) in [4.78, 5) is 7.04. The average Bonchev–Trinajstić information content (AvgIpc) is 2.37. The average molecular weight is 344 g/mol. The van der Waals surface area contributed by atoms with Gasteiger partial charge in [-0.05, 0) is 42.8 Å². The van der Waals surface area contributed by atoms with Gasteiger partial charge < -0.3 is 10.2 Å². The molecule has 0 unspecified atom stereocenters. The first-order valence-corrected chi connectivity index (χ1v) is 8.63. The quantitative estimate of drug-likeness (QED) is 0.911. The highest BCUT2D eigenvalue weighted by molar-refractivity contribution is 9.10. The number of nitrogens with one attached hydrogen (secondary N) is 1. The molecule has 0 amide bonds. The van der Waals surface area contributed by atoms with E-state index in [0.717, 1.165) is 29.9 Å². The molecule has 1 aromatic heterocycles. The van der Waals surface area contributed by atoms with E-state index < -0.39 is 0 Å². The number of hydrogen-bond acceptors (Lipinski definition) is 4. The smallest absolute Gasteiger partial charge is 0.133 e. The van der Waals surface area contributed by atoms with Crippen molar-refractivity contribution in [3.05, 3.63) is 22.3 Å². The summed E-state index contributed by atoms with van der Waals surface area (Å²) >= 11 is 5.55. The molecular weight excluding hydrogens is 322 g/mol. The standard InChI is InChI=1S/C14H22BrN3S/c1-14(2,3)17-9-11-8-12(15)10-16-13(11)18-4-6-19-7-5-18/h8,10,17H,4-7,9H2,1-3H3. The monoisotopic (exact) mass is 343 g/mol. The Kier molecular flexibility index (Phi) is 5.15. The second kappa shape index (κ2) is 6.46. The molecule has 1 N–H and O–H groups in total. The first-order chi connectivity index (χ1) is 8.96. The van der Waals surface area contributed by atoms with Crippen molar-refractivity contribution in [3.8, 4) is 0 Å². The van der Waals surface area contributed by atoms with Gasteiger partial charge in [-0.1, -0.05) is 0 Å². The maximum Gasteiger partial charge on any atom is 0.133 e. The van der Waals surface area contributed by atoms with Crippen LogP contribution in [0.5, 0.6) is 0 Å². The SMILES string of the molecule is CC(C)(C)NCc1cc(Br)cnc1N1CCSCC1. The van der Waals surface area contributed by atoms with Crippen LogP contribution in [0.2, 0.25) is 0 Å². The van der Waals surface area contributed by atoms with Crippen molar-refractivity contribution in [1.82, 2.24) is 10.3 Å². The van der Waals surface area contributed by atoms with Gasteiger partial charge in [0.1, 0.15) is 5.82 Å². The number of nitrogens with zero attached hydrogens (tertiary/aromatic N) is 2. The predicted molar refractivity (Wildman–Crippen MR) is 88.1 cm³/mol. The molecule has 1 saturated heterocycles. The summed E-state index contributed by atoms with van der Waals surface area (Å²) in [6, 6.07) is 2.18. The van der Waals surface area contributed by atoms with Gasteiger partial charge in [0.2, 0.25) is 0 Å². The minimum atomic E-state index is 0.122. The van der Waals surface area contributed by atoms with Crippen LogP contribution in [0.1, 0.15) is 26.3 Å². The van der Waals surface area contributed by atoms with E-state index >= 15 is 0 Å². The molecule has 0 aliphatic carbocycles. The molecule has 1 fully saturated rings. The Labute approximate surface area is 128 Å². The molecule has 2 heterocycles. The van der Waals surface area contributed by atoms with Gasteiger partial charge in [0, 0.05) is 52.9 Å². The van der Waals surface area contributed by atoms with Crippen LogP contribution in [-0.4, -0.2) is 35.1 Å². The highest BCUT2D eigenvalue weighted by Crippen LogP contribution is 2.24. The number of aromatic nitrogens is 1. The predicted octanol–water partition coefficient (Wildman–Crippen LogP) is 3.29. The number of rotatable bonds is 3. The number of anilines is 1. The van der Waals surface area contributed by atoms with Crippen molar-refractivity contribution < 1.29 is 0 Å². The lowest BCUT2D eigenvalue weighted by molar-refractivity contribution is 0.424. The molecule has 106 valence electrons. The lowest BCUT2D eigenvalue weighted by atomic mass is 10.1. The third-order valence-electron chi connectivity index (χ3n) is 3.03. The van der Waals surface area contributed by atoms with Crippen molar-refractivity contribution in [1.29, 1.82) is 0 Å². The first kappa shape index (κ1) is 15.1. The minimum absolute atomic E-state index is 0.122. The summed E-state index contributed by atoms with van der Waals surface area (Å²) in [6.45, 7) is 9.62. The summed E-state index contributed by atoms with van der Waals surface area (Å²) < 4.78 is 1.05. The van der Waals surface area contributed by atoms with Crippen LogP contribution < -0.4 is 10.2 Å². The van der Waals surface area contributed by atoms with Crippen LogP contribution in [0, 0.1) is 0 Å². The van der Waals surface area contributed by atoms with E-state index in [4.69, 9.17) is 0 Å². The van der Waals surface area contributed by atoms with E-state index in [2.05, 4.69) is 58.0 Å². The number of pyridine rings is 1. The van der Waals surface area contributed by atoms with Gasteiger partial charge in [0.15, 0.2) is 0 Å². The van der Waals surface area contributed by atoms with Crippen molar-refractivity contribution in [3.63, 3.8) is 0 Å². The highest BCUT2D eigenvalue weighted by atomic mass is 79.9. The topological polar surface area (TPSA) is 28.2 Å². The fourth-order valence-corrected chi connectivity index (χ4v) is 3.31. The van der Waals surface area contributed by atoms with Crippen LogP contribution in [0.4, 0.5) is 5.82 Å². The highest BCUT2D eigenvalue weighted by Gasteiger charge is 2.17. The van der Waals surface area contributed by atoms with Crippen molar-refractivity contribution in [2.24, 2.45) is 0 Å². The molecule has 1 aromatic rings. The van der Waals surface area contributed by atoms with Gasteiger partial charge in [0.05, 0.1) is 0 Å². The van der Waals surface area contributed by atoms with E-state index in [1.54, 1.807) is 0 Å². The van der Waals surface area contributed by atoms with Crippen molar-refractivity contribution in [2.45, 2.75) is 32.9 Å². The van der Waals surface area contributed by atoms with E-state index in [9.17, 15) is 0 Å². The zero-order chi connectivity index (χ0) is 13.9. The molecule has 0 atom stereocenters. The van der Waals surface area contributed by atoms with Gasteiger partial charge in [-0.15, -0.1) is 0 Å². The normalized spacial score (nSPS) is 16.7.